The van der Waals surface area contributed by atoms with Gasteiger partial charge in [-0.05, 0) is 24.3 Å². The van der Waals surface area contributed by atoms with E-state index in [0.29, 0.717) is 31.9 Å². The van der Waals surface area contributed by atoms with Gasteiger partial charge < -0.3 is 24.8 Å². The monoisotopic (exact) mass is 358 g/mol. The van der Waals surface area contributed by atoms with Gasteiger partial charge in [-0.25, -0.2) is 4.79 Å². The van der Waals surface area contributed by atoms with Gasteiger partial charge in [0.15, 0.2) is 5.82 Å². The number of anilines is 1. The van der Waals surface area contributed by atoms with Gasteiger partial charge in [0.1, 0.15) is 6.33 Å². The van der Waals surface area contributed by atoms with Crippen molar-refractivity contribution in [2.24, 2.45) is 7.05 Å². The fraction of sp³-hybridized carbons (Fsp3) is 0.412. The maximum atomic E-state index is 12.1. The van der Waals surface area contributed by atoms with E-state index in [1.165, 1.54) is 6.92 Å². The first kappa shape index (κ1) is 17.9. The molecular formula is C17H22N6O3. The molecule has 9 nitrogen and oxygen atoms in total. The highest BCUT2D eigenvalue weighted by Gasteiger charge is 2.22. The number of aromatic nitrogens is 3. The minimum atomic E-state index is -0.319. The van der Waals surface area contributed by atoms with E-state index in [-0.39, 0.29) is 18.0 Å². The fourth-order valence-corrected chi connectivity index (χ4v) is 2.76. The molecule has 9 heteroatoms. The Hall–Kier alpha value is -2.94. The summed E-state index contributed by atoms with van der Waals surface area (Å²) in [5.74, 6) is 0.774. The number of aryl methyl sites for hydroxylation is 1. The molecule has 2 N–H and O–H groups in total. The smallest absolute Gasteiger partial charge is 0.319 e. The Morgan fingerprint density at radius 3 is 2.73 bits per heavy atom. The molecule has 1 aromatic heterocycles. The summed E-state index contributed by atoms with van der Waals surface area (Å²) in [7, 11) is 1.87. The number of amides is 3. The number of benzene rings is 1. The summed E-state index contributed by atoms with van der Waals surface area (Å²) in [4.78, 5) is 25.2. The van der Waals surface area contributed by atoms with Crippen LogP contribution in [0.1, 0.15) is 6.92 Å². The Bertz CT molecular complexity index is 773. The molecule has 0 spiro atoms. The molecule has 0 aliphatic carbocycles. The van der Waals surface area contributed by atoms with Gasteiger partial charge in [0.05, 0.1) is 12.7 Å². The molecule has 1 saturated heterocycles. The molecule has 138 valence electrons. The summed E-state index contributed by atoms with van der Waals surface area (Å²) >= 11 is 0. The van der Waals surface area contributed by atoms with Gasteiger partial charge in [-0.2, -0.15) is 0 Å². The summed E-state index contributed by atoms with van der Waals surface area (Å²) in [6, 6.07) is 7.03. The largest absolute Gasteiger partial charge is 0.373 e. The molecule has 2 heterocycles. The van der Waals surface area contributed by atoms with E-state index in [4.69, 9.17) is 4.74 Å². The van der Waals surface area contributed by atoms with Crippen LogP contribution in [-0.2, 0) is 16.6 Å². The lowest BCUT2D eigenvalue weighted by atomic mass is 10.2. The maximum absolute atomic E-state index is 12.1. The molecular weight excluding hydrogens is 336 g/mol. The van der Waals surface area contributed by atoms with Crippen molar-refractivity contribution in [3.63, 3.8) is 0 Å². The predicted octanol–water partition coefficient (Wildman–Crippen LogP) is 0.851. The van der Waals surface area contributed by atoms with Crippen molar-refractivity contribution in [3.05, 3.63) is 30.6 Å². The SMILES string of the molecule is CC(=O)N1CCO[C@H](CNC(=O)Nc2ccc(-c3nncn3C)cc2)C1. The van der Waals surface area contributed by atoms with Crippen LogP contribution in [0.4, 0.5) is 10.5 Å². The molecule has 3 rings (SSSR count). The molecule has 1 aromatic carbocycles. The third-order valence-corrected chi connectivity index (χ3v) is 4.19. The van der Waals surface area contributed by atoms with Crippen LogP contribution in [0.15, 0.2) is 30.6 Å². The summed E-state index contributed by atoms with van der Waals surface area (Å²) < 4.78 is 7.40. The van der Waals surface area contributed by atoms with Crippen molar-refractivity contribution in [2.75, 3.05) is 31.6 Å². The normalized spacial score (nSPS) is 17.0. The zero-order valence-corrected chi connectivity index (χ0v) is 14.8. The zero-order valence-electron chi connectivity index (χ0n) is 14.8. The molecule has 3 amide bonds. The summed E-state index contributed by atoms with van der Waals surface area (Å²) in [5, 5.41) is 13.4. The van der Waals surface area contributed by atoms with Gasteiger partial charge >= 0.3 is 6.03 Å². The van der Waals surface area contributed by atoms with E-state index >= 15 is 0 Å². The van der Waals surface area contributed by atoms with Gasteiger partial charge in [-0.1, -0.05) is 0 Å². The van der Waals surface area contributed by atoms with Crippen LogP contribution in [0, 0.1) is 0 Å². The van der Waals surface area contributed by atoms with E-state index in [2.05, 4.69) is 20.8 Å². The lowest BCUT2D eigenvalue weighted by molar-refractivity contribution is -0.136. The predicted molar refractivity (Wildman–Crippen MR) is 95.5 cm³/mol. The summed E-state index contributed by atoms with van der Waals surface area (Å²) in [5.41, 5.74) is 1.58. The molecule has 26 heavy (non-hydrogen) atoms. The number of carbonyl (C=O) groups excluding carboxylic acids is 2. The highest BCUT2D eigenvalue weighted by atomic mass is 16.5. The van der Waals surface area contributed by atoms with Crippen LogP contribution in [0.2, 0.25) is 0 Å². The number of morpholine rings is 1. The summed E-state index contributed by atoms with van der Waals surface area (Å²) in [6.45, 7) is 3.44. The minimum absolute atomic E-state index is 0.0192. The highest BCUT2D eigenvalue weighted by Crippen LogP contribution is 2.18. The van der Waals surface area contributed by atoms with Crippen molar-refractivity contribution >= 4 is 17.6 Å². The molecule has 0 radical (unpaired) electrons. The number of nitrogens with one attached hydrogen (secondary N) is 2. The first-order chi connectivity index (χ1) is 12.5. The molecule has 0 bridgehead atoms. The first-order valence-corrected chi connectivity index (χ1v) is 8.39. The fourth-order valence-electron chi connectivity index (χ4n) is 2.76. The highest BCUT2D eigenvalue weighted by molar-refractivity contribution is 5.89. The first-order valence-electron chi connectivity index (χ1n) is 8.39. The topological polar surface area (TPSA) is 101 Å². The Balaban J connectivity index is 1.49. The van der Waals surface area contributed by atoms with Crippen molar-refractivity contribution in [1.29, 1.82) is 0 Å². The molecule has 1 fully saturated rings. The Morgan fingerprint density at radius 1 is 1.31 bits per heavy atom. The molecule has 1 aliphatic rings. The maximum Gasteiger partial charge on any atom is 0.319 e. The summed E-state index contributed by atoms with van der Waals surface area (Å²) in [6.07, 6.45) is 1.44. The molecule has 0 saturated carbocycles. The molecule has 1 aliphatic heterocycles. The molecule has 0 unspecified atom stereocenters. The second kappa shape index (κ2) is 7.96. The Kier molecular flexibility index (Phi) is 5.47. The lowest BCUT2D eigenvalue weighted by Crippen LogP contribution is -2.49. The van der Waals surface area contributed by atoms with Crippen molar-refractivity contribution in [3.8, 4) is 11.4 Å². The number of urea groups is 1. The van der Waals surface area contributed by atoms with Gasteiger partial charge in [-0.15, -0.1) is 10.2 Å². The van der Waals surface area contributed by atoms with E-state index in [9.17, 15) is 9.59 Å². The van der Waals surface area contributed by atoms with Gasteiger partial charge in [0, 0.05) is 44.9 Å². The van der Waals surface area contributed by atoms with E-state index in [1.807, 2.05) is 23.7 Å². The number of nitrogens with zero attached hydrogens (tertiary/aromatic N) is 4. The van der Waals surface area contributed by atoms with Gasteiger partial charge in [-0.3, -0.25) is 4.79 Å². The molecule has 2 aromatic rings. The van der Waals surface area contributed by atoms with Gasteiger partial charge in [0.2, 0.25) is 5.91 Å². The van der Waals surface area contributed by atoms with Crippen molar-refractivity contribution in [1.82, 2.24) is 25.0 Å². The van der Waals surface area contributed by atoms with Crippen LogP contribution in [0.25, 0.3) is 11.4 Å². The quantitative estimate of drug-likeness (QED) is 0.844. The van der Waals surface area contributed by atoms with Crippen LogP contribution in [-0.4, -0.2) is 63.9 Å². The van der Waals surface area contributed by atoms with E-state index < -0.39 is 0 Å². The average molecular weight is 358 g/mol. The number of carbonyl (C=O) groups is 2. The van der Waals surface area contributed by atoms with Crippen LogP contribution < -0.4 is 10.6 Å². The van der Waals surface area contributed by atoms with Crippen LogP contribution in [0.5, 0.6) is 0 Å². The minimum Gasteiger partial charge on any atom is -0.373 e. The number of ether oxygens (including phenoxy) is 1. The van der Waals surface area contributed by atoms with Crippen LogP contribution in [0.3, 0.4) is 0 Å². The standard InChI is InChI=1S/C17H22N6O3/c1-12(24)23-7-8-26-15(10-23)9-18-17(25)20-14-5-3-13(4-6-14)16-21-19-11-22(16)2/h3-6,11,15H,7-10H2,1-2H3,(H2,18,20,25)/t15-/m1/s1. The Morgan fingerprint density at radius 2 is 2.08 bits per heavy atom. The second-order valence-corrected chi connectivity index (χ2v) is 6.14. The van der Waals surface area contributed by atoms with Crippen LogP contribution >= 0.6 is 0 Å². The second-order valence-electron chi connectivity index (χ2n) is 6.14. The molecule has 1 atom stereocenters. The van der Waals surface area contributed by atoms with Gasteiger partial charge in [0.25, 0.3) is 0 Å². The Labute approximate surface area is 151 Å². The third-order valence-electron chi connectivity index (χ3n) is 4.19. The lowest BCUT2D eigenvalue weighted by Gasteiger charge is -2.32. The van der Waals surface area contributed by atoms with E-state index in [1.54, 1.807) is 23.4 Å². The number of rotatable bonds is 4. The average Bonchev–Trinajstić information content (AvgIpc) is 3.07. The van der Waals surface area contributed by atoms with E-state index in [0.717, 1.165) is 11.4 Å². The zero-order chi connectivity index (χ0) is 18.5. The number of hydrogen-bond acceptors (Lipinski definition) is 5. The number of hydrogen-bond donors (Lipinski definition) is 2. The van der Waals surface area contributed by atoms with Crippen molar-refractivity contribution in [2.45, 2.75) is 13.0 Å². The van der Waals surface area contributed by atoms with Crippen molar-refractivity contribution < 1.29 is 14.3 Å². The third kappa shape index (κ3) is 4.37.